The number of piperazine rings is 1. The molecule has 0 aromatic heterocycles. The Labute approximate surface area is 103 Å². The first-order valence-corrected chi connectivity index (χ1v) is 6.29. The molecule has 1 aliphatic rings. The number of hydrogen-bond acceptors (Lipinski definition) is 3. The maximum atomic E-state index is 9.26. The minimum atomic E-state index is 0.187. The Bertz CT molecular complexity index is 372. The maximum Gasteiger partial charge on any atom is 0.0601 e. The molecule has 1 aliphatic heterocycles. The van der Waals surface area contributed by atoms with Gasteiger partial charge < -0.3 is 15.3 Å². The Morgan fingerprint density at radius 2 is 1.94 bits per heavy atom. The van der Waals surface area contributed by atoms with E-state index in [0.717, 1.165) is 13.1 Å². The molecule has 0 bridgehead atoms. The molecule has 0 spiro atoms. The van der Waals surface area contributed by atoms with E-state index in [4.69, 9.17) is 0 Å². The molecular weight excluding hydrogens is 212 g/mol. The van der Waals surface area contributed by atoms with Crippen molar-refractivity contribution in [2.45, 2.75) is 32.9 Å². The van der Waals surface area contributed by atoms with Crippen molar-refractivity contribution in [2.75, 3.05) is 24.6 Å². The normalized spacial score (nSPS) is 25.1. The van der Waals surface area contributed by atoms with Gasteiger partial charge in [0.2, 0.25) is 0 Å². The number of nitrogens with zero attached hydrogens (tertiary/aromatic N) is 1. The Kier molecular flexibility index (Phi) is 3.69. The molecule has 2 rings (SSSR count). The monoisotopic (exact) mass is 234 g/mol. The molecule has 2 N–H and O–H groups in total. The van der Waals surface area contributed by atoms with Gasteiger partial charge in [0, 0.05) is 30.9 Å². The number of anilines is 1. The summed E-state index contributed by atoms with van der Waals surface area (Å²) in [6.07, 6.45) is 0. The third-order valence-electron chi connectivity index (χ3n) is 3.41. The van der Waals surface area contributed by atoms with Crippen molar-refractivity contribution >= 4 is 5.69 Å². The predicted molar refractivity (Wildman–Crippen MR) is 71.6 cm³/mol. The van der Waals surface area contributed by atoms with Crippen LogP contribution in [-0.4, -0.2) is 36.9 Å². The summed E-state index contributed by atoms with van der Waals surface area (Å²) < 4.78 is 0. The topological polar surface area (TPSA) is 35.5 Å². The van der Waals surface area contributed by atoms with Gasteiger partial charge in [0.1, 0.15) is 0 Å². The molecule has 17 heavy (non-hydrogen) atoms. The highest BCUT2D eigenvalue weighted by Crippen LogP contribution is 2.22. The van der Waals surface area contributed by atoms with E-state index >= 15 is 0 Å². The summed E-state index contributed by atoms with van der Waals surface area (Å²) in [5.74, 6) is 0. The molecule has 1 aromatic carbocycles. The Morgan fingerprint density at radius 3 is 2.53 bits per heavy atom. The highest BCUT2D eigenvalue weighted by atomic mass is 16.3. The van der Waals surface area contributed by atoms with Crippen LogP contribution in [0, 0.1) is 13.8 Å². The molecule has 2 unspecified atom stereocenters. The first-order chi connectivity index (χ1) is 8.10. The van der Waals surface area contributed by atoms with Gasteiger partial charge >= 0.3 is 0 Å². The van der Waals surface area contributed by atoms with Crippen molar-refractivity contribution in [3.8, 4) is 0 Å². The van der Waals surface area contributed by atoms with Gasteiger partial charge in [0.15, 0.2) is 0 Å². The summed E-state index contributed by atoms with van der Waals surface area (Å²) in [6.45, 7) is 8.49. The molecule has 0 amide bonds. The summed E-state index contributed by atoms with van der Waals surface area (Å²) in [5, 5.41) is 12.6. The second-order valence-electron chi connectivity index (χ2n) is 5.14. The first kappa shape index (κ1) is 12.4. The summed E-state index contributed by atoms with van der Waals surface area (Å²) in [6, 6.07) is 7.30. The minimum absolute atomic E-state index is 0.187. The smallest absolute Gasteiger partial charge is 0.0601 e. The zero-order chi connectivity index (χ0) is 12.4. The lowest BCUT2D eigenvalue weighted by atomic mass is 10.1. The van der Waals surface area contributed by atoms with Crippen LogP contribution in [0.4, 0.5) is 5.69 Å². The van der Waals surface area contributed by atoms with Crippen LogP contribution in [0.15, 0.2) is 18.2 Å². The van der Waals surface area contributed by atoms with E-state index in [-0.39, 0.29) is 12.6 Å². The Morgan fingerprint density at radius 1 is 1.29 bits per heavy atom. The molecule has 1 heterocycles. The highest BCUT2D eigenvalue weighted by molar-refractivity contribution is 5.52. The van der Waals surface area contributed by atoms with Gasteiger partial charge in [-0.3, -0.25) is 0 Å². The van der Waals surface area contributed by atoms with Crippen molar-refractivity contribution < 1.29 is 5.11 Å². The molecule has 1 aromatic rings. The first-order valence-electron chi connectivity index (χ1n) is 6.29. The van der Waals surface area contributed by atoms with Crippen molar-refractivity contribution in [3.63, 3.8) is 0 Å². The number of nitrogens with one attached hydrogen (secondary N) is 1. The zero-order valence-corrected chi connectivity index (χ0v) is 10.9. The number of aliphatic hydroxyl groups excluding tert-OH is 1. The fourth-order valence-corrected chi connectivity index (χ4v) is 2.53. The average molecular weight is 234 g/mol. The van der Waals surface area contributed by atoms with Crippen molar-refractivity contribution in [1.29, 1.82) is 0 Å². The van der Waals surface area contributed by atoms with Crippen LogP contribution in [0.5, 0.6) is 0 Å². The minimum Gasteiger partial charge on any atom is -0.395 e. The van der Waals surface area contributed by atoms with Crippen LogP contribution in [0.2, 0.25) is 0 Å². The van der Waals surface area contributed by atoms with Gasteiger partial charge in [-0.15, -0.1) is 0 Å². The van der Waals surface area contributed by atoms with Crippen LogP contribution >= 0.6 is 0 Å². The van der Waals surface area contributed by atoms with Crippen LogP contribution in [0.1, 0.15) is 18.1 Å². The summed E-state index contributed by atoms with van der Waals surface area (Å²) in [4.78, 5) is 2.39. The molecule has 2 atom stereocenters. The van der Waals surface area contributed by atoms with Gasteiger partial charge in [-0.1, -0.05) is 6.07 Å². The summed E-state index contributed by atoms with van der Waals surface area (Å²) in [5.41, 5.74) is 3.87. The molecular formula is C14H22N2O. The molecule has 3 heteroatoms. The van der Waals surface area contributed by atoms with Gasteiger partial charge in [-0.25, -0.2) is 0 Å². The third kappa shape index (κ3) is 2.79. The number of aryl methyl sites for hydroxylation is 2. The summed E-state index contributed by atoms with van der Waals surface area (Å²) in [7, 11) is 0. The van der Waals surface area contributed by atoms with E-state index in [2.05, 4.69) is 49.2 Å². The van der Waals surface area contributed by atoms with Gasteiger partial charge in [0.05, 0.1) is 6.61 Å². The van der Waals surface area contributed by atoms with Gasteiger partial charge in [-0.05, 0) is 44.0 Å². The Balaban J connectivity index is 2.24. The highest BCUT2D eigenvalue weighted by Gasteiger charge is 2.24. The van der Waals surface area contributed by atoms with E-state index in [9.17, 15) is 5.11 Å². The SMILES string of the molecule is Cc1cc(C)cc(N2CC(CO)NCC2C)c1. The average Bonchev–Trinajstić information content (AvgIpc) is 2.28. The number of hydrogen-bond donors (Lipinski definition) is 2. The Hall–Kier alpha value is -1.06. The third-order valence-corrected chi connectivity index (χ3v) is 3.41. The van der Waals surface area contributed by atoms with E-state index in [1.165, 1.54) is 16.8 Å². The van der Waals surface area contributed by atoms with Crippen LogP contribution in [-0.2, 0) is 0 Å². The van der Waals surface area contributed by atoms with Crippen molar-refractivity contribution in [2.24, 2.45) is 0 Å². The van der Waals surface area contributed by atoms with E-state index in [1.807, 2.05) is 0 Å². The number of aliphatic hydroxyl groups is 1. The molecule has 0 saturated carbocycles. The van der Waals surface area contributed by atoms with Crippen molar-refractivity contribution in [1.82, 2.24) is 5.32 Å². The molecule has 0 aliphatic carbocycles. The van der Waals surface area contributed by atoms with Crippen molar-refractivity contribution in [3.05, 3.63) is 29.3 Å². The molecule has 0 radical (unpaired) electrons. The molecule has 1 saturated heterocycles. The number of benzene rings is 1. The predicted octanol–water partition coefficient (Wildman–Crippen LogP) is 1.46. The van der Waals surface area contributed by atoms with E-state index in [1.54, 1.807) is 0 Å². The quantitative estimate of drug-likeness (QED) is 0.813. The second kappa shape index (κ2) is 5.07. The second-order valence-corrected chi connectivity index (χ2v) is 5.14. The largest absolute Gasteiger partial charge is 0.395 e. The van der Waals surface area contributed by atoms with Crippen LogP contribution < -0.4 is 10.2 Å². The maximum absolute atomic E-state index is 9.26. The fourth-order valence-electron chi connectivity index (χ4n) is 2.53. The van der Waals surface area contributed by atoms with E-state index < -0.39 is 0 Å². The van der Waals surface area contributed by atoms with Gasteiger partial charge in [-0.2, -0.15) is 0 Å². The fraction of sp³-hybridized carbons (Fsp3) is 0.571. The number of rotatable bonds is 2. The van der Waals surface area contributed by atoms with E-state index in [0.29, 0.717) is 6.04 Å². The standard InChI is InChI=1S/C14H22N2O/c1-10-4-11(2)6-14(5-10)16-8-13(9-17)15-7-12(16)3/h4-6,12-13,15,17H,7-9H2,1-3H3. The summed E-state index contributed by atoms with van der Waals surface area (Å²) >= 11 is 0. The lowest BCUT2D eigenvalue weighted by Crippen LogP contribution is -2.56. The molecule has 3 nitrogen and oxygen atoms in total. The van der Waals surface area contributed by atoms with Crippen LogP contribution in [0.3, 0.4) is 0 Å². The molecule has 94 valence electrons. The van der Waals surface area contributed by atoms with Gasteiger partial charge in [0.25, 0.3) is 0 Å². The zero-order valence-electron chi connectivity index (χ0n) is 10.9. The lowest BCUT2D eigenvalue weighted by molar-refractivity contribution is 0.227. The van der Waals surface area contributed by atoms with Crippen LogP contribution in [0.25, 0.3) is 0 Å². The lowest BCUT2D eigenvalue weighted by Gasteiger charge is -2.40. The molecule has 1 fully saturated rings.